The highest BCUT2D eigenvalue weighted by molar-refractivity contribution is 8.00. The lowest BCUT2D eigenvalue weighted by atomic mass is 10.0. The lowest BCUT2D eigenvalue weighted by Crippen LogP contribution is -2.10. The van der Waals surface area contributed by atoms with Gasteiger partial charge in [0.05, 0.1) is 0 Å². The first-order chi connectivity index (χ1) is 4.34. The van der Waals surface area contributed by atoms with Crippen molar-refractivity contribution in [3.63, 3.8) is 0 Å². The van der Waals surface area contributed by atoms with Gasteiger partial charge < -0.3 is 0 Å². The van der Waals surface area contributed by atoms with Crippen molar-refractivity contribution in [2.75, 3.05) is 23.5 Å². The molecule has 0 N–H and O–H groups in total. The van der Waals surface area contributed by atoms with E-state index in [0.29, 0.717) is 0 Å². The smallest absolute Gasteiger partial charge is 0.00283 e. The molecule has 0 saturated carbocycles. The van der Waals surface area contributed by atoms with Crippen molar-refractivity contribution in [3.05, 3.63) is 0 Å². The van der Waals surface area contributed by atoms with Crippen LogP contribution in [0.25, 0.3) is 0 Å². The SMILES string of the molecule is CSCC1CSC[C@@H]1C. The Kier molecular flexibility index (Phi) is 3.27. The van der Waals surface area contributed by atoms with Gasteiger partial charge in [0.25, 0.3) is 0 Å². The van der Waals surface area contributed by atoms with Crippen LogP contribution in [-0.4, -0.2) is 23.5 Å². The summed E-state index contributed by atoms with van der Waals surface area (Å²) in [5.41, 5.74) is 0. The minimum Gasteiger partial charge on any atom is -0.165 e. The van der Waals surface area contributed by atoms with Crippen molar-refractivity contribution in [2.24, 2.45) is 11.8 Å². The van der Waals surface area contributed by atoms with Crippen molar-refractivity contribution < 1.29 is 0 Å². The largest absolute Gasteiger partial charge is 0.165 e. The molecule has 0 bridgehead atoms. The van der Waals surface area contributed by atoms with Crippen LogP contribution in [-0.2, 0) is 0 Å². The first-order valence-electron chi connectivity index (χ1n) is 3.41. The van der Waals surface area contributed by atoms with Crippen LogP contribution < -0.4 is 0 Å². The highest BCUT2D eigenvalue weighted by Crippen LogP contribution is 2.30. The summed E-state index contributed by atoms with van der Waals surface area (Å²) in [5, 5.41) is 0. The lowest BCUT2D eigenvalue weighted by Gasteiger charge is -2.10. The van der Waals surface area contributed by atoms with E-state index in [4.69, 9.17) is 0 Å². The molecule has 1 aliphatic heterocycles. The van der Waals surface area contributed by atoms with E-state index in [2.05, 4.69) is 24.9 Å². The Morgan fingerprint density at radius 2 is 2.33 bits per heavy atom. The van der Waals surface area contributed by atoms with Gasteiger partial charge in [-0.3, -0.25) is 0 Å². The number of thioether (sulfide) groups is 2. The molecule has 0 aromatic carbocycles. The van der Waals surface area contributed by atoms with Crippen LogP contribution in [0.1, 0.15) is 6.92 Å². The van der Waals surface area contributed by atoms with Crippen LogP contribution in [0, 0.1) is 11.8 Å². The molecule has 0 aromatic rings. The van der Waals surface area contributed by atoms with Crippen LogP contribution in [0.2, 0.25) is 0 Å². The third-order valence-corrected chi connectivity index (χ3v) is 4.08. The van der Waals surface area contributed by atoms with Crippen molar-refractivity contribution in [3.8, 4) is 0 Å². The van der Waals surface area contributed by atoms with E-state index in [9.17, 15) is 0 Å². The molecule has 0 amide bonds. The molecule has 9 heavy (non-hydrogen) atoms. The predicted octanol–water partition coefficient (Wildman–Crippen LogP) is 2.35. The maximum Gasteiger partial charge on any atom is -0.00283 e. The quantitative estimate of drug-likeness (QED) is 0.611. The fourth-order valence-corrected chi connectivity index (χ4v) is 3.69. The minimum atomic E-state index is 0.974. The first kappa shape index (κ1) is 7.80. The molecule has 0 nitrogen and oxygen atoms in total. The molecule has 1 heterocycles. The average molecular weight is 162 g/mol. The van der Waals surface area contributed by atoms with Crippen molar-refractivity contribution in [1.29, 1.82) is 0 Å². The molecule has 1 rings (SSSR count). The summed E-state index contributed by atoms with van der Waals surface area (Å²) in [6.07, 6.45) is 2.20. The molecule has 0 radical (unpaired) electrons. The summed E-state index contributed by atoms with van der Waals surface area (Å²) in [7, 11) is 0. The predicted molar refractivity (Wildman–Crippen MR) is 48.4 cm³/mol. The maximum atomic E-state index is 2.38. The number of rotatable bonds is 2. The summed E-state index contributed by atoms with van der Waals surface area (Å²) in [6.45, 7) is 2.38. The van der Waals surface area contributed by atoms with E-state index in [1.807, 2.05) is 11.8 Å². The van der Waals surface area contributed by atoms with Gasteiger partial charge in [-0.2, -0.15) is 23.5 Å². The van der Waals surface area contributed by atoms with Gasteiger partial charge in [0.15, 0.2) is 0 Å². The highest BCUT2D eigenvalue weighted by atomic mass is 32.2. The van der Waals surface area contributed by atoms with E-state index < -0.39 is 0 Å². The third-order valence-electron chi connectivity index (χ3n) is 1.90. The summed E-state index contributed by atoms with van der Waals surface area (Å²) in [5.74, 6) is 6.15. The van der Waals surface area contributed by atoms with Gasteiger partial charge >= 0.3 is 0 Å². The van der Waals surface area contributed by atoms with E-state index in [0.717, 1.165) is 11.8 Å². The monoisotopic (exact) mass is 162 g/mol. The van der Waals surface area contributed by atoms with Gasteiger partial charge in [0.1, 0.15) is 0 Å². The van der Waals surface area contributed by atoms with E-state index in [1.165, 1.54) is 17.3 Å². The van der Waals surface area contributed by atoms with E-state index in [-0.39, 0.29) is 0 Å². The minimum absolute atomic E-state index is 0.974. The summed E-state index contributed by atoms with van der Waals surface area (Å²) in [4.78, 5) is 0. The summed E-state index contributed by atoms with van der Waals surface area (Å²) < 4.78 is 0. The van der Waals surface area contributed by atoms with Gasteiger partial charge in [0.2, 0.25) is 0 Å². The van der Waals surface area contributed by atoms with Gasteiger partial charge in [-0.25, -0.2) is 0 Å². The zero-order valence-corrected chi connectivity index (χ0v) is 7.73. The second-order valence-corrected chi connectivity index (χ2v) is 4.72. The third kappa shape index (κ3) is 2.08. The Hall–Kier alpha value is 0.700. The topological polar surface area (TPSA) is 0 Å². The second-order valence-electron chi connectivity index (χ2n) is 2.73. The molecule has 2 atom stereocenters. The van der Waals surface area contributed by atoms with Crippen molar-refractivity contribution in [1.82, 2.24) is 0 Å². The van der Waals surface area contributed by atoms with Crippen LogP contribution in [0.3, 0.4) is 0 Å². The van der Waals surface area contributed by atoms with Crippen LogP contribution in [0.5, 0.6) is 0 Å². The maximum absolute atomic E-state index is 2.38. The summed E-state index contributed by atoms with van der Waals surface area (Å²) in [6, 6.07) is 0. The fraction of sp³-hybridized carbons (Fsp3) is 1.00. The normalized spacial score (nSPS) is 35.3. The van der Waals surface area contributed by atoms with Gasteiger partial charge in [-0.1, -0.05) is 6.92 Å². The Balaban J connectivity index is 2.22. The van der Waals surface area contributed by atoms with Gasteiger partial charge in [-0.05, 0) is 35.4 Å². The van der Waals surface area contributed by atoms with E-state index >= 15 is 0 Å². The molecule has 0 aliphatic carbocycles. The fourth-order valence-electron chi connectivity index (χ4n) is 1.13. The Bertz CT molecular complexity index is 83.0. The van der Waals surface area contributed by atoms with Crippen LogP contribution in [0.15, 0.2) is 0 Å². The van der Waals surface area contributed by atoms with Crippen molar-refractivity contribution in [2.45, 2.75) is 6.92 Å². The van der Waals surface area contributed by atoms with Crippen molar-refractivity contribution >= 4 is 23.5 Å². The second kappa shape index (κ2) is 3.77. The van der Waals surface area contributed by atoms with E-state index in [1.54, 1.807) is 0 Å². The summed E-state index contributed by atoms with van der Waals surface area (Å²) >= 11 is 4.11. The molecule has 2 heteroatoms. The van der Waals surface area contributed by atoms with Crippen LogP contribution >= 0.6 is 23.5 Å². The Morgan fingerprint density at radius 3 is 2.78 bits per heavy atom. The molecular formula is C7H14S2. The molecular weight excluding hydrogens is 148 g/mol. The number of hydrogen-bond donors (Lipinski definition) is 0. The molecule has 0 aromatic heterocycles. The first-order valence-corrected chi connectivity index (χ1v) is 5.96. The Labute approximate surface area is 66.2 Å². The molecule has 54 valence electrons. The molecule has 1 saturated heterocycles. The number of hydrogen-bond acceptors (Lipinski definition) is 2. The standard InChI is InChI=1S/C7H14S2/c1-6-3-9-5-7(6)4-8-2/h6-7H,3-5H2,1-2H3/t6-,7?/m0/s1. The molecule has 1 aliphatic rings. The van der Waals surface area contributed by atoms with Gasteiger partial charge in [-0.15, -0.1) is 0 Å². The van der Waals surface area contributed by atoms with Gasteiger partial charge in [0, 0.05) is 0 Å². The zero-order chi connectivity index (χ0) is 6.69. The lowest BCUT2D eigenvalue weighted by molar-refractivity contribution is 0.502. The average Bonchev–Trinajstić information content (AvgIpc) is 2.18. The molecule has 1 fully saturated rings. The molecule has 1 unspecified atom stereocenters. The highest BCUT2D eigenvalue weighted by Gasteiger charge is 2.22. The van der Waals surface area contributed by atoms with Crippen LogP contribution in [0.4, 0.5) is 0 Å². The zero-order valence-electron chi connectivity index (χ0n) is 6.09. The molecule has 0 spiro atoms. The Morgan fingerprint density at radius 1 is 1.56 bits per heavy atom.